The van der Waals surface area contributed by atoms with Gasteiger partial charge in [-0.2, -0.15) is 0 Å². The van der Waals surface area contributed by atoms with Gasteiger partial charge in [0.15, 0.2) is 0 Å². The molecule has 24 heavy (non-hydrogen) atoms. The number of allylic oxidation sites excluding steroid dienone is 3. The predicted octanol–water partition coefficient (Wildman–Crippen LogP) is 5.68. The average molecular weight is 333 g/mol. The van der Waals surface area contributed by atoms with Crippen molar-refractivity contribution in [3.05, 3.63) is 36.3 Å². The molecule has 0 aromatic rings. The van der Waals surface area contributed by atoms with Crippen LogP contribution in [0.1, 0.15) is 66.7 Å². The number of nitrogens with one attached hydrogen (secondary N) is 1. The van der Waals surface area contributed by atoms with Gasteiger partial charge >= 0.3 is 0 Å². The van der Waals surface area contributed by atoms with E-state index in [9.17, 15) is 9.18 Å². The number of halogens is 1. The zero-order valence-electron chi connectivity index (χ0n) is 15.8. The van der Waals surface area contributed by atoms with Gasteiger partial charge in [0.05, 0.1) is 11.7 Å². The molecule has 1 atom stereocenters. The van der Waals surface area contributed by atoms with Crippen molar-refractivity contribution in [2.75, 3.05) is 0 Å². The van der Waals surface area contributed by atoms with E-state index >= 15 is 0 Å². The second-order valence-corrected chi connectivity index (χ2v) is 5.44. The van der Waals surface area contributed by atoms with Gasteiger partial charge in [0.25, 0.3) is 0 Å². The van der Waals surface area contributed by atoms with E-state index in [0.717, 1.165) is 19.3 Å². The molecule has 1 unspecified atom stereocenters. The van der Waals surface area contributed by atoms with Gasteiger partial charge in [-0.3, -0.25) is 4.79 Å². The van der Waals surface area contributed by atoms with Crippen molar-refractivity contribution in [1.29, 1.82) is 0 Å². The van der Waals surface area contributed by atoms with Crippen molar-refractivity contribution >= 4 is 5.91 Å². The second-order valence-electron chi connectivity index (χ2n) is 5.44. The smallest absolute Gasteiger partial charge is 0.226 e. The topological polar surface area (TPSA) is 29.1 Å². The SMILES string of the molecule is C=C/C=C1/NC(=O)CC(C#CC2CC2)(CCC)/C1=C\F.CC.CC. The lowest BCUT2D eigenvalue weighted by Gasteiger charge is -2.35. The molecule has 1 N–H and O–H groups in total. The Morgan fingerprint density at radius 3 is 2.42 bits per heavy atom. The molecule has 0 spiro atoms. The number of hydrogen-bond donors (Lipinski definition) is 1. The van der Waals surface area contributed by atoms with E-state index in [1.54, 1.807) is 12.2 Å². The molecule has 3 heteroatoms. The lowest BCUT2D eigenvalue weighted by molar-refractivity contribution is -0.122. The lowest BCUT2D eigenvalue weighted by Crippen LogP contribution is -2.40. The molecule has 2 fully saturated rings. The minimum absolute atomic E-state index is 0.109. The minimum atomic E-state index is -0.691. The Balaban J connectivity index is 0.00000123. The third-order valence-corrected chi connectivity index (χ3v) is 3.71. The first-order valence-electron chi connectivity index (χ1n) is 9.11. The summed E-state index contributed by atoms with van der Waals surface area (Å²) in [5.74, 6) is 6.76. The largest absolute Gasteiger partial charge is 0.326 e. The molecule has 2 rings (SSSR count). The molecule has 1 aliphatic carbocycles. The maximum Gasteiger partial charge on any atom is 0.226 e. The fourth-order valence-corrected chi connectivity index (χ4v) is 2.59. The standard InChI is InChI=1S/C17H20FNO.2C2H6/c1-3-5-15-14(12-18)17(9-4-2,11-16(20)19-15)10-8-13-6-7-13;2*1-2/h3,5,12-13H,1,4,6-7,9,11H2,2H3,(H,19,20);2*1-2H3/b14-12-,15-5+;;. The van der Waals surface area contributed by atoms with Crippen molar-refractivity contribution < 1.29 is 9.18 Å². The molecule has 1 amide bonds. The highest BCUT2D eigenvalue weighted by Gasteiger charge is 2.41. The first-order chi connectivity index (χ1) is 11.6. The van der Waals surface area contributed by atoms with Crippen LogP contribution < -0.4 is 5.32 Å². The molecular weight excluding hydrogens is 301 g/mol. The van der Waals surface area contributed by atoms with Crippen molar-refractivity contribution in [3.8, 4) is 11.8 Å². The summed E-state index contributed by atoms with van der Waals surface area (Å²) in [4.78, 5) is 12.0. The molecule has 1 heterocycles. The Kier molecular flexibility index (Phi) is 10.8. The molecule has 1 saturated carbocycles. The number of rotatable bonds is 3. The van der Waals surface area contributed by atoms with E-state index in [2.05, 4.69) is 23.7 Å². The quantitative estimate of drug-likeness (QED) is 0.661. The number of amides is 1. The first-order valence-corrected chi connectivity index (χ1v) is 9.11. The van der Waals surface area contributed by atoms with Gasteiger partial charge in [0, 0.05) is 23.6 Å². The Labute approximate surface area is 147 Å². The molecule has 1 saturated heterocycles. The summed E-state index contributed by atoms with van der Waals surface area (Å²) >= 11 is 0. The van der Waals surface area contributed by atoms with E-state index in [4.69, 9.17) is 0 Å². The van der Waals surface area contributed by atoms with Gasteiger partial charge in [-0.15, -0.1) is 0 Å². The molecule has 134 valence electrons. The second kappa shape index (κ2) is 11.7. The van der Waals surface area contributed by atoms with Crippen molar-refractivity contribution in [2.24, 2.45) is 11.3 Å². The van der Waals surface area contributed by atoms with E-state index in [1.165, 1.54) is 0 Å². The van der Waals surface area contributed by atoms with E-state index < -0.39 is 5.41 Å². The summed E-state index contributed by atoms with van der Waals surface area (Å²) in [7, 11) is 0. The van der Waals surface area contributed by atoms with Gasteiger partial charge < -0.3 is 5.32 Å². The summed E-state index contributed by atoms with van der Waals surface area (Å²) in [6.45, 7) is 13.6. The molecular formula is C21H32FNO. The summed E-state index contributed by atoms with van der Waals surface area (Å²) in [6.07, 6.45) is 7.77. The van der Waals surface area contributed by atoms with Gasteiger partial charge in [0.2, 0.25) is 5.91 Å². The van der Waals surface area contributed by atoms with Crippen LogP contribution in [0, 0.1) is 23.2 Å². The maximum absolute atomic E-state index is 13.5. The monoisotopic (exact) mass is 333 g/mol. The van der Waals surface area contributed by atoms with Crippen LogP contribution in [0.5, 0.6) is 0 Å². The highest BCUT2D eigenvalue weighted by molar-refractivity contribution is 5.84. The Morgan fingerprint density at radius 1 is 1.33 bits per heavy atom. The van der Waals surface area contributed by atoms with Crippen molar-refractivity contribution in [2.45, 2.75) is 66.7 Å². The molecule has 2 aliphatic rings. The van der Waals surface area contributed by atoms with Crippen LogP contribution in [0.15, 0.2) is 36.3 Å². The van der Waals surface area contributed by atoms with E-state index in [-0.39, 0.29) is 12.3 Å². The van der Waals surface area contributed by atoms with E-state index in [0.29, 0.717) is 29.9 Å². The predicted molar refractivity (Wildman–Crippen MR) is 101 cm³/mol. The Bertz CT molecular complexity index is 532. The number of carbonyl (C=O) groups excluding carboxylic acids is 1. The molecule has 0 aromatic carbocycles. The first kappa shape index (κ1) is 22.2. The number of carbonyl (C=O) groups is 1. The van der Waals surface area contributed by atoms with Gasteiger partial charge in [-0.05, 0) is 25.3 Å². The van der Waals surface area contributed by atoms with Gasteiger partial charge in [0.1, 0.15) is 0 Å². The summed E-state index contributed by atoms with van der Waals surface area (Å²) in [5, 5.41) is 2.71. The summed E-state index contributed by atoms with van der Waals surface area (Å²) in [5.41, 5.74) is 0.271. The van der Waals surface area contributed by atoms with Gasteiger partial charge in [-0.25, -0.2) is 4.39 Å². The van der Waals surface area contributed by atoms with Crippen LogP contribution in [0.2, 0.25) is 0 Å². The number of piperidine rings is 1. The highest BCUT2D eigenvalue weighted by atomic mass is 19.1. The Hall–Kier alpha value is -1.82. The average Bonchev–Trinajstić information content (AvgIpc) is 3.42. The highest BCUT2D eigenvalue weighted by Crippen LogP contribution is 2.43. The normalized spacial score (nSPS) is 25.3. The summed E-state index contributed by atoms with van der Waals surface area (Å²) in [6, 6.07) is 0. The molecule has 0 bridgehead atoms. The third-order valence-electron chi connectivity index (χ3n) is 3.71. The zero-order chi connectivity index (χ0) is 18.6. The van der Waals surface area contributed by atoms with Crippen LogP contribution in [0.25, 0.3) is 0 Å². The fraction of sp³-hybridized carbons (Fsp3) is 0.571. The molecule has 0 aromatic heterocycles. The lowest BCUT2D eigenvalue weighted by atomic mass is 9.71. The maximum atomic E-state index is 13.5. The van der Waals surface area contributed by atoms with Crippen molar-refractivity contribution in [3.63, 3.8) is 0 Å². The van der Waals surface area contributed by atoms with Crippen LogP contribution >= 0.6 is 0 Å². The fourth-order valence-electron chi connectivity index (χ4n) is 2.59. The van der Waals surface area contributed by atoms with Crippen LogP contribution in [-0.4, -0.2) is 5.91 Å². The summed E-state index contributed by atoms with van der Waals surface area (Å²) < 4.78 is 13.5. The molecule has 1 aliphatic heterocycles. The van der Waals surface area contributed by atoms with Crippen LogP contribution in [0.4, 0.5) is 4.39 Å². The Morgan fingerprint density at radius 2 is 1.96 bits per heavy atom. The number of hydrogen-bond acceptors (Lipinski definition) is 1. The van der Waals surface area contributed by atoms with Crippen LogP contribution in [0.3, 0.4) is 0 Å². The molecule has 0 radical (unpaired) electrons. The van der Waals surface area contributed by atoms with Crippen molar-refractivity contribution in [1.82, 2.24) is 5.32 Å². The molecule has 2 nitrogen and oxygen atoms in total. The van der Waals surface area contributed by atoms with Gasteiger partial charge in [-0.1, -0.05) is 65.5 Å². The van der Waals surface area contributed by atoms with Crippen LogP contribution in [-0.2, 0) is 4.79 Å². The minimum Gasteiger partial charge on any atom is -0.326 e. The van der Waals surface area contributed by atoms with E-state index in [1.807, 2.05) is 34.6 Å². The third kappa shape index (κ3) is 6.00. The zero-order valence-corrected chi connectivity index (χ0v) is 15.8.